The zero-order valence-electron chi connectivity index (χ0n) is 13.9. The molecule has 122 valence electrons. The second-order valence-electron chi connectivity index (χ2n) is 5.86. The van der Waals surface area contributed by atoms with E-state index in [1.165, 1.54) is 6.07 Å². The summed E-state index contributed by atoms with van der Waals surface area (Å²) in [4.78, 5) is 24.1. The number of benzene rings is 2. The largest absolute Gasteiger partial charge is 0.347 e. The van der Waals surface area contributed by atoms with E-state index in [2.05, 4.69) is 0 Å². The number of hydrogen-bond acceptors (Lipinski definition) is 3. The van der Waals surface area contributed by atoms with Crippen molar-refractivity contribution in [3.8, 4) is 0 Å². The third kappa shape index (κ3) is 2.38. The van der Waals surface area contributed by atoms with Gasteiger partial charge in [0.25, 0.3) is 5.69 Å². The Morgan fingerprint density at radius 3 is 2.42 bits per heavy atom. The first-order chi connectivity index (χ1) is 11.5. The summed E-state index contributed by atoms with van der Waals surface area (Å²) < 4.78 is 1.88. The lowest BCUT2D eigenvalue weighted by Gasteiger charge is -2.05. The van der Waals surface area contributed by atoms with Crippen molar-refractivity contribution in [3.63, 3.8) is 0 Å². The van der Waals surface area contributed by atoms with Gasteiger partial charge in [-0.1, -0.05) is 42.8 Å². The summed E-state index contributed by atoms with van der Waals surface area (Å²) in [5, 5.41) is 11.9. The van der Waals surface area contributed by atoms with E-state index < -0.39 is 4.92 Å². The minimum Gasteiger partial charge on any atom is -0.347 e. The summed E-state index contributed by atoms with van der Waals surface area (Å²) in [6.07, 6.45) is 0.620. The highest BCUT2D eigenvalue weighted by Gasteiger charge is 2.27. The van der Waals surface area contributed by atoms with Crippen LogP contribution in [0.15, 0.2) is 42.5 Å². The molecule has 0 fully saturated rings. The number of nitro groups is 1. The number of fused-ring (bicyclic) bond motifs is 1. The van der Waals surface area contributed by atoms with Crippen LogP contribution in [0.2, 0.25) is 0 Å². The van der Waals surface area contributed by atoms with E-state index in [9.17, 15) is 14.9 Å². The van der Waals surface area contributed by atoms with Gasteiger partial charge in [-0.3, -0.25) is 14.9 Å². The number of non-ortho nitro benzene ring substituents is 1. The van der Waals surface area contributed by atoms with Crippen molar-refractivity contribution in [1.29, 1.82) is 0 Å². The maximum absolute atomic E-state index is 13.1. The van der Waals surface area contributed by atoms with E-state index in [0.29, 0.717) is 28.5 Å². The van der Waals surface area contributed by atoms with Gasteiger partial charge in [0.1, 0.15) is 0 Å². The summed E-state index contributed by atoms with van der Waals surface area (Å²) in [6.45, 7) is 3.90. The molecule has 2 aromatic carbocycles. The van der Waals surface area contributed by atoms with Gasteiger partial charge in [-0.15, -0.1) is 0 Å². The number of ketones is 1. The van der Waals surface area contributed by atoms with Crippen LogP contribution in [-0.2, 0) is 13.5 Å². The van der Waals surface area contributed by atoms with E-state index in [1.54, 1.807) is 18.2 Å². The molecular formula is C19H18N2O3. The molecule has 1 aromatic heterocycles. The van der Waals surface area contributed by atoms with Crippen molar-refractivity contribution < 1.29 is 9.72 Å². The monoisotopic (exact) mass is 322 g/mol. The summed E-state index contributed by atoms with van der Waals surface area (Å²) >= 11 is 0. The number of carbonyl (C=O) groups is 1. The van der Waals surface area contributed by atoms with Crippen molar-refractivity contribution in [2.45, 2.75) is 20.3 Å². The molecule has 0 aliphatic heterocycles. The molecule has 0 N–H and O–H groups in total. The maximum atomic E-state index is 13.1. The molecule has 0 bridgehead atoms. The van der Waals surface area contributed by atoms with Crippen molar-refractivity contribution in [3.05, 3.63) is 75.0 Å². The Labute approximate surface area is 139 Å². The summed E-state index contributed by atoms with van der Waals surface area (Å²) in [5.41, 5.74) is 3.53. The van der Waals surface area contributed by atoms with Gasteiger partial charge >= 0.3 is 0 Å². The highest BCUT2D eigenvalue weighted by Crippen LogP contribution is 2.34. The van der Waals surface area contributed by atoms with Gasteiger partial charge in [0.15, 0.2) is 5.78 Å². The zero-order valence-corrected chi connectivity index (χ0v) is 13.9. The molecule has 0 atom stereocenters. The molecule has 5 nitrogen and oxygen atoms in total. The van der Waals surface area contributed by atoms with E-state index in [0.717, 1.165) is 11.3 Å². The van der Waals surface area contributed by atoms with E-state index in [-0.39, 0.29) is 11.5 Å². The SMILES string of the molecule is CCc1c(C(=O)c2ccc(C)cc2)c2c([N+](=O)[O-])cccc2n1C. The fourth-order valence-electron chi connectivity index (χ4n) is 3.18. The molecular weight excluding hydrogens is 304 g/mol. The number of rotatable bonds is 4. The third-order valence-electron chi connectivity index (χ3n) is 4.40. The molecule has 1 heterocycles. The lowest BCUT2D eigenvalue weighted by molar-refractivity contribution is -0.383. The molecule has 0 saturated carbocycles. The van der Waals surface area contributed by atoms with E-state index >= 15 is 0 Å². The lowest BCUT2D eigenvalue weighted by atomic mass is 9.98. The first-order valence-electron chi connectivity index (χ1n) is 7.81. The predicted molar refractivity (Wildman–Crippen MR) is 93.6 cm³/mol. The van der Waals surface area contributed by atoms with Gasteiger partial charge in [-0.05, 0) is 19.4 Å². The topological polar surface area (TPSA) is 65.1 Å². The Kier molecular flexibility index (Phi) is 3.93. The minimum atomic E-state index is -0.423. The second kappa shape index (κ2) is 5.92. The van der Waals surface area contributed by atoms with E-state index in [4.69, 9.17) is 0 Å². The Morgan fingerprint density at radius 1 is 1.17 bits per heavy atom. The van der Waals surface area contributed by atoms with Crippen LogP contribution < -0.4 is 0 Å². The van der Waals surface area contributed by atoms with Crippen LogP contribution in [0.1, 0.15) is 34.1 Å². The number of carbonyl (C=O) groups excluding carboxylic acids is 1. The zero-order chi connectivity index (χ0) is 17.4. The van der Waals surface area contributed by atoms with Gasteiger partial charge < -0.3 is 4.57 Å². The molecule has 0 spiro atoms. The standard InChI is InChI=1S/C19H18N2O3/c1-4-14-18(19(22)13-10-8-12(2)9-11-13)17-15(20(14)3)6-5-7-16(17)21(23)24/h5-11H,4H2,1-3H3. The Bertz CT molecular complexity index is 953. The van der Waals surface area contributed by atoms with Gasteiger partial charge in [0.2, 0.25) is 0 Å². The van der Waals surface area contributed by atoms with Crippen LogP contribution in [0.3, 0.4) is 0 Å². The molecule has 0 radical (unpaired) electrons. The van der Waals surface area contributed by atoms with Crippen molar-refractivity contribution in [1.82, 2.24) is 4.57 Å². The van der Waals surface area contributed by atoms with Crippen LogP contribution in [0, 0.1) is 17.0 Å². The van der Waals surface area contributed by atoms with Gasteiger partial charge in [0, 0.05) is 24.4 Å². The van der Waals surface area contributed by atoms with Crippen molar-refractivity contribution >= 4 is 22.4 Å². The number of aryl methyl sites for hydroxylation is 2. The van der Waals surface area contributed by atoms with Crippen LogP contribution in [0.5, 0.6) is 0 Å². The van der Waals surface area contributed by atoms with Crippen molar-refractivity contribution in [2.75, 3.05) is 0 Å². The maximum Gasteiger partial charge on any atom is 0.279 e. The second-order valence-corrected chi connectivity index (χ2v) is 5.86. The molecule has 5 heteroatoms. The average molecular weight is 322 g/mol. The molecule has 0 aliphatic rings. The summed E-state index contributed by atoms with van der Waals surface area (Å²) in [7, 11) is 1.84. The van der Waals surface area contributed by atoms with Crippen LogP contribution in [0.4, 0.5) is 5.69 Å². The van der Waals surface area contributed by atoms with Crippen LogP contribution in [-0.4, -0.2) is 15.3 Å². The molecule has 0 aliphatic carbocycles. The molecule has 0 saturated heterocycles. The van der Waals surface area contributed by atoms with Gasteiger partial charge in [0.05, 0.1) is 21.4 Å². The molecule has 3 aromatic rings. The van der Waals surface area contributed by atoms with Gasteiger partial charge in [-0.2, -0.15) is 0 Å². The average Bonchev–Trinajstić information content (AvgIpc) is 2.87. The minimum absolute atomic E-state index is 0.0294. The highest BCUT2D eigenvalue weighted by molar-refractivity contribution is 6.19. The fraction of sp³-hybridized carbons (Fsp3) is 0.211. The Morgan fingerprint density at radius 2 is 1.83 bits per heavy atom. The molecule has 0 unspecified atom stereocenters. The molecule has 24 heavy (non-hydrogen) atoms. The smallest absolute Gasteiger partial charge is 0.279 e. The normalized spacial score (nSPS) is 11.0. The van der Waals surface area contributed by atoms with Gasteiger partial charge in [-0.25, -0.2) is 0 Å². The first kappa shape index (κ1) is 15.9. The number of hydrogen-bond donors (Lipinski definition) is 0. The highest BCUT2D eigenvalue weighted by atomic mass is 16.6. The fourth-order valence-corrected chi connectivity index (χ4v) is 3.18. The molecule has 0 amide bonds. The number of nitrogens with zero attached hydrogens (tertiary/aromatic N) is 2. The number of aromatic nitrogens is 1. The van der Waals surface area contributed by atoms with Crippen LogP contribution >= 0.6 is 0 Å². The third-order valence-corrected chi connectivity index (χ3v) is 4.40. The van der Waals surface area contributed by atoms with E-state index in [1.807, 2.05) is 43.7 Å². The predicted octanol–water partition coefficient (Wildman–Crippen LogP) is 4.19. The van der Waals surface area contributed by atoms with Crippen LogP contribution in [0.25, 0.3) is 10.9 Å². The number of nitro benzene ring substituents is 1. The first-order valence-corrected chi connectivity index (χ1v) is 7.81. The Hall–Kier alpha value is -2.95. The summed E-state index contributed by atoms with van der Waals surface area (Å²) in [6, 6.07) is 12.2. The quantitative estimate of drug-likeness (QED) is 0.411. The molecule has 3 rings (SSSR count). The Balaban J connectivity index is 2.35. The summed E-state index contributed by atoms with van der Waals surface area (Å²) in [5.74, 6) is -0.174. The van der Waals surface area contributed by atoms with Crippen molar-refractivity contribution in [2.24, 2.45) is 7.05 Å². The lowest BCUT2D eigenvalue weighted by Crippen LogP contribution is -2.06.